The Balaban J connectivity index is 2.31. The Hall–Kier alpha value is -2.60. The van der Waals surface area contributed by atoms with Crippen molar-refractivity contribution in [2.24, 2.45) is 5.73 Å². The number of halogens is 1. The van der Waals surface area contributed by atoms with E-state index in [0.29, 0.717) is 17.1 Å². The Kier molecular flexibility index (Phi) is 5.76. The van der Waals surface area contributed by atoms with Crippen LogP contribution in [0.25, 0.3) is 0 Å². The molecule has 0 fully saturated rings. The molecule has 3 N–H and O–H groups in total. The zero-order valence-corrected chi connectivity index (χ0v) is 13.9. The molecule has 2 atom stereocenters. The Morgan fingerprint density at radius 2 is 1.71 bits per heavy atom. The van der Waals surface area contributed by atoms with Gasteiger partial charge in [0.25, 0.3) is 0 Å². The van der Waals surface area contributed by atoms with Crippen LogP contribution in [-0.2, 0) is 4.79 Å². The van der Waals surface area contributed by atoms with E-state index >= 15 is 0 Å². The number of carbonyl (C=O) groups is 1. The number of hydrogen-bond donors (Lipinski definition) is 2. The van der Waals surface area contributed by atoms with Crippen LogP contribution in [-0.4, -0.2) is 20.1 Å². The van der Waals surface area contributed by atoms with E-state index in [1.807, 2.05) is 18.2 Å². The van der Waals surface area contributed by atoms with Gasteiger partial charge >= 0.3 is 0 Å². The van der Waals surface area contributed by atoms with Gasteiger partial charge in [-0.15, -0.1) is 0 Å². The maximum absolute atomic E-state index is 14.4. The predicted molar refractivity (Wildman–Crippen MR) is 89.4 cm³/mol. The number of carbonyl (C=O) groups excluding carboxylic acids is 1. The van der Waals surface area contributed by atoms with Gasteiger partial charge in [0, 0.05) is 17.7 Å². The van der Waals surface area contributed by atoms with Gasteiger partial charge in [0.05, 0.1) is 14.2 Å². The molecule has 128 valence electrons. The van der Waals surface area contributed by atoms with Gasteiger partial charge < -0.3 is 15.2 Å². The molecular weight excluding hydrogens is 311 g/mol. The molecule has 0 bridgehead atoms. The van der Waals surface area contributed by atoms with E-state index in [4.69, 9.17) is 15.2 Å². The van der Waals surface area contributed by atoms with Crippen LogP contribution in [0.1, 0.15) is 30.1 Å². The van der Waals surface area contributed by atoms with Crippen molar-refractivity contribution in [2.75, 3.05) is 14.2 Å². The molecule has 2 aromatic carbocycles. The summed E-state index contributed by atoms with van der Waals surface area (Å²) < 4.78 is 24.7. The van der Waals surface area contributed by atoms with Crippen LogP contribution >= 0.6 is 0 Å². The van der Waals surface area contributed by atoms with Crippen molar-refractivity contribution in [3.8, 4) is 11.5 Å². The van der Waals surface area contributed by atoms with Gasteiger partial charge in [-0.2, -0.15) is 0 Å². The Morgan fingerprint density at radius 1 is 1.12 bits per heavy atom. The first-order valence-electron chi connectivity index (χ1n) is 7.49. The predicted octanol–water partition coefficient (Wildman–Crippen LogP) is 2.72. The number of nitrogens with two attached hydrogens (primary N) is 1. The number of ether oxygens (including phenoxy) is 2. The van der Waals surface area contributed by atoms with E-state index in [1.54, 1.807) is 25.1 Å². The summed E-state index contributed by atoms with van der Waals surface area (Å²) in [6, 6.07) is 10.7. The molecule has 24 heavy (non-hydrogen) atoms. The third kappa shape index (κ3) is 3.83. The molecule has 0 aliphatic carbocycles. The lowest BCUT2D eigenvalue weighted by Crippen LogP contribution is -2.35. The van der Waals surface area contributed by atoms with E-state index in [2.05, 4.69) is 5.32 Å². The zero-order chi connectivity index (χ0) is 17.7. The molecule has 0 spiro atoms. The molecule has 0 aliphatic heterocycles. The highest BCUT2D eigenvalue weighted by Gasteiger charge is 2.23. The van der Waals surface area contributed by atoms with Crippen LogP contribution in [0.3, 0.4) is 0 Å². The molecule has 0 unspecified atom stereocenters. The Labute approximate surface area is 140 Å². The van der Waals surface area contributed by atoms with E-state index in [0.717, 1.165) is 5.56 Å². The topological polar surface area (TPSA) is 73.6 Å². The summed E-state index contributed by atoms with van der Waals surface area (Å²) in [6.45, 7) is 1.75. The average Bonchev–Trinajstić information content (AvgIpc) is 2.59. The number of hydrogen-bond acceptors (Lipinski definition) is 4. The third-order valence-corrected chi connectivity index (χ3v) is 3.80. The maximum Gasteiger partial charge on any atom is 0.239 e. The second kappa shape index (κ2) is 7.79. The van der Waals surface area contributed by atoms with Crippen molar-refractivity contribution in [2.45, 2.75) is 19.0 Å². The highest BCUT2D eigenvalue weighted by atomic mass is 19.1. The first-order chi connectivity index (χ1) is 11.5. The first kappa shape index (κ1) is 17.7. The quantitative estimate of drug-likeness (QED) is 0.818. The normalized spacial score (nSPS) is 13.2. The Bertz CT molecular complexity index is 707. The number of amides is 1. The number of benzene rings is 2. The minimum Gasteiger partial charge on any atom is -0.493 e. The van der Waals surface area contributed by atoms with Crippen molar-refractivity contribution in [3.05, 3.63) is 59.4 Å². The van der Waals surface area contributed by atoms with Gasteiger partial charge in [-0.25, -0.2) is 4.39 Å². The van der Waals surface area contributed by atoms with Gasteiger partial charge in [0.2, 0.25) is 5.91 Å². The number of methoxy groups -OCH3 is 2. The lowest BCUT2D eigenvalue weighted by Gasteiger charge is -2.23. The van der Waals surface area contributed by atoms with Gasteiger partial charge in [0.15, 0.2) is 11.5 Å². The van der Waals surface area contributed by atoms with Crippen molar-refractivity contribution in [1.82, 2.24) is 5.32 Å². The van der Waals surface area contributed by atoms with Crippen LogP contribution in [0, 0.1) is 5.82 Å². The van der Waals surface area contributed by atoms with Crippen molar-refractivity contribution < 1.29 is 18.7 Å². The second-order valence-electron chi connectivity index (χ2n) is 5.36. The summed E-state index contributed by atoms with van der Waals surface area (Å²) in [5, 5.41) is 3.07. The van der Waals surface area contributed by atoms with Crippen molar-refractivity contribution in [3.63, 3.8) is 0 Å². The van der Waals surface area contributed by atoms with E-state index in [-0.39, 0.29) is 0 Å². The SMILES string of the molecule is COc1cc(F)c([C@H](C)N[C@H](C(N)=O)c2ccccc2)cc1OC. The number of rotatable bonds is 7. The van der Waals surface area contributed by atoms with Gasteiger partial charge in [-0.1, -0.05) is 30.3 Å². The van der Waals surface area contributed by atoms with E-state index in [1.165, 1.54) is 20.3 Å². The molecule has 0 aliphatic rings. The fraction of sp³-hybridized carbons (Fsp3) is 0.278. The molecular formula is C18H21FN2O3. The van der Waals surface area contributed by atoms with Crippen LogP contribution in [0.2, 0.25) is 0 Å². The number of primary amides is 1. The lowest BCUT2D eigenvalue weighted by molar-refractivity contribution is -0.120. The zero-order valence-electron chi connectivity index (χ0n) is 13.9. The Morgan fingerprint density at radius 3 is 2.25 bits per heavy atom. The van der Waals surface area contributed by atoms with E-state index in [9.17, 15) is 9.18 Å². The largest absolute Gasteiger partial charge is 0.493 e. The highest BCUT2D eigenvalue weighted by Crippen LogP contribution is 2.33. The molecule has 0 heterocycles. The smallest absolute Gasteiger partial charge is 0.239 e. The maximum atomic E-state index is 14.4. The minimum absolute atomic E-state index is 0.306. The standard InChI is InChI=1S/C18H21FN2O3/c1-11(13-9-15(23-2)16(24-3)10-14(13)19)21-17(18(20)22)12-7-5-4-6-8-12/h4-11,17,21H,1-3H3,(H2,20,22)/t11-,17-/m0/s1. The van der Waals surface area contributed by atoms with Crippen LogP contribution in [0.15, 0.2) is 42.5 Å². The molecule has 0 radical (unpaired) electrons. The minimum atomic E-state index is -0.728. The molecule has 6 heteroatoms. The average molecular weight is 332 g/mol. The first-order valence-corrected chi connectivity index (χ1v) is 7.49. The van der Waals surface area contributed by atoms with Gasteiger partial charge in [-0.3, -0.25) is 10.1 Å². The summed E-state index contributed by atoms with van der Waals surface area (Å²) in [5.74, 6) is -0.267. The second-order valence-corrected chi connectivity index (χ2v) is 5.36. The molecule has 5 nitrogen and oxygen atoms in total. The summed E-state index contributed by atoms with van der Waals surface area (Å²) in [7, 11) is 2.92. The summed E-state index contributed by atoms with van der Waals surface area (Å²) in [5.41, 5.74) is 6.57. The fourth-order valence-electron chi connectivity index (χ4n) is 2.53. The third-order valence-electron chi connectivity index (χ3n) is 3.80. The van der Waals surface area contributed by atoms with Crippen LogP contribution < -0.4 is 20.5 Å². The lowest BCUT2D eigenvalue weighted by atomic mass is 10.0. The molecule has 0 aromatic heterocycles. The van der Waals surface area contributed by atoms with Crippen LogP contribution in [0.4, 0.5) is 4.39 Å². The van der Waals surface area contributed by atoms with Gasteiger partial charge in [0.1, 0.15) is 11.9 Å². The van der Waals surface area contributed by atoms with Gasteiger partial charge in [-0.05, 0) is 18.6 Å². The molecule has 2 aromatic rings. The molecule has 1 amide bonds. The summed E-state index contributed by atoms with van der Waals surface area (Å²) in [6.07, 6.45) is 0. The monoisotopic (exact) mass is 332 g/mol. The van der Waals surface area contributed by atoms with Crippen molar-refractivity contribution in [1.29, 1.82) is 0 Å². The van der Waals surface area contributed by atoms with Crippen LogP contribution in [0.5, 0.6) is 11.5 Å². The van der Waals surface area contributed by atoms with E-state index < -0.39 is 23.8 Å². The highest BCUT2D eigenvalue weighted by molar-refractivity contribution is 5.81. The fourth-order valence-corrected chi connectivity index (χ4v) is 2.53. The summed E-state index contributed by atoms with van der Waals surface area (Å²) >= 11 is 0. The molecule has 2 rings (SSSR count). The summed E-state index contributed by atoms with van der Waals surface area (Å²) in [4.78, 5) is 11.8. The molecule has 0 saturated carbocycles. The molecule has 0 saturated heterocycles. The van der Waals surface area contributed by atoms with Crippen molar-refractivity contribution >= 4 is 5.91 Å². The number of nitrogens with one attached hydrogen (secondary N) is 1.